The molecule has 0 fully saturated rings. The van der Waals surface area contributed by atoms with Crippen LogP contribution in [-0.4, -0.2) is 48.6 Å². The van der Waals surface area contributed by atoms with Gasteiger partial charge in [0.15, 0.2) is 0 Å². The number of halogens is 2. The van der Waals surface area contributed by atoms with Gasteiger partial charge in [-0.1, -0.05) is 18.6 Å². The Labute approximate surface area is 123 Å². The summed E-state index contributed by atoms with van der Waals surface area (Å²) in [4.78, 5) is 13.4. The molecule has 2 N–H and O–H groups in total. The van der Waals surface area contributed by atoms with Crippen LogP contribution < -0.4 is 5.32 Å². The Morgan fingerprint density at radius 2 is 2.14 bits per heavy atom. The molecule has 118 valence electrons. The van der Waals surface area contributed by atoms with Crippen molar-refractivity contribution in [2.24, 2.45) is 0 Å². The van der Waals surface area contributed by atoms with Gasteiger partial charge in [0, 0.05) is 18.8 Å². The summed E-state index contributed by atoms with van der Waals surface area (Å²) in [7, 11) is 0. The first-order valence-corrected chi connectivity index (χ1v) is 7.02. The van der Waals surface area contributed by atoms with Gasteiger partial charge in [-0.05, 0) is 25.5 Å². The van der Waals surface area contributed by atoms with Crippen LogP contribution in [0.2, 0.25) is 0 Å². The standard InChI is InChI=1S/C15H22F2N2O2/c1-3-6-18-13-5-4-11(2)9-12(13)15(21)19(7-8-20)10-14(16)17/h4-5,9,14,18,20H,3,6-8,10H2,1-2H3. The van der Waals surface area contributed by atoms with Gasteiger partial charge in [0.1, 0.15) is 0 Å². The van der Waals surface area contributed by atoms with E-state index in [-0.39, 0.29) is 13.2 Å². The number of aryl methyl sites for hydroxylation is 1. The van der Waals surface area contributed by atoms with Crippen LogP contribution in [0.5, 0.6) is 0 Å². The molecule has 6 heteroatoms. The monoisotopic (exact) mass is 300 g/mol. The highest BCUT2D eigenvalue weighted by atomic mass is 19.3. The topological polar surface area (TPSA) is 52.6 Å². The van der Waals surface area contributed by atoms with Crippen LogP contribution in [0.25, 0.3) is 0 Å². The van der Waals surface area contributed by atoms with Crippen molar-refractivity contribution >= 4 is 11.6 Å². The fourth-order valence-corrected chi connectivity index (χ4v) is 1.98. The summed E-state index contributed by atoms with van der Waals surface area (Å²) in [6, 6.07) is 5.31. The number of hydrogen-bond donors (Lipinski definition) is 2. The lowest BCUT2D eigenvalue weighted by molar-refractivity contribution is 0.0510. The number of carbonyl (C=O) groups is 1. The maximum Gasteiger partial charge on any atom is 0.256 e. The molecular weight excluding hydrogens is 278 g/mol. The average Bonchev–Trinajstić information content (AvgIpc) is 2.44. The van der Waals surface area contributed by atoms with Gasteiger partial charge in [-0.15, -0.1) is 0 Å². The molecule has 1 rings (SSSR count). The summed E-state index contributed by atoms with van der Waals surface area (Å²) >= 11 is 0. The van der Waals surface area contributed by atoms with Crippen molar-refractivity contribution in [2.45, 2.75) is 26.7 Å². The Balaban J connectivity index is 3.03. The van der Waals surface area contributed by atoms with E-state index in [4.69, 9.17) is 5.11 Å². The quantitative estimate of drug-likeness (QED) is 0.775. The van der Waals surface area contributed by atoms with Crippen molar-refractivity contribution in [2.75, 3.05) is 31.6 Å². The van der Waals surface area contributed by atoms with Crippen LogP contribution in [0.15, 0.2) is 18.2 Å². The average molecular weight is 300 g/mol. The van der Waals surface area contributed by atoms with Crippen LogP contribution in [0, 0.1) is 6.92 Å². The lowest BCUT2D eigenvalue weighted by atomic mass is 10.1. The van der Waals surface area contributed by atoms with Gasteiger partial charge in [0.25, 0.3) is 12.3 Å². The molecule has 1 amide bonds. The largest absolute Gasteiger partial charge is 0.395 e. The minimum absolute atomic E-state index is 0.107. The number of amides is 1. The number of aliphatic hydroxyl groups excluding tert-OH is 1. The molecule has 21 heavy (non-hydrogen) atoms. The van der Waals surface area contributed by atoms with E-state index in [2.05, 4.69) is 5.32 Å². The van der Waals surface area contributed by atoms with Crippen molar-refractivity contribution in [3.05, 3.63) is 29.3 Å². The zero-order valence-corrected chi connectivity index (χ0v) is 12.4. The number of hydrogen-bond acceptors (Lipinski definition) is 3. The number of rotatable bonds is 8. The maximum atomic E-state index is 12.6. The van der Waals surface area contributed by atoms with Gasteiger partial charge in [0.2, 0.25) is 0 Å². The fraction of sp³-hybridized carbons (Fsp3) is 0.533. The smallest absolute Gasteiger partial charge is 0.256 e. The number of nitrogens with zero attached hydrogens (tertiary/aromatic N) is 1. The van der Waals surface area contributed by atoms with Crippen molar-refractivity contribution in [1.82, 2.24) is 4.90 Å². The molecule has 0 heterocycles. The molecular formula is C15H22F2N2O2. The normalized spacial score (nSPS) is 10.8. The summed E-state index contributed by atoms with van der Waals surface area (Å²) in [6.45, 7) is 3.40. The highest BCUT2D eigenvalue weighted by Gasteiger charge is 2.21. The maximum absolute atomic E-state index is 12.6. The molecule has 0 atom stereocenters. The molecule has 0 saturated heterocycles. The lowest BCUT2D eigenvalue weighted by Gasteiger charge is -2.23. The van der Waals surface area contributed by atoms with E-state index < -0.39 is 18.9 Å². The molecule has 0 radical (unpaired) electrons. The number of benzene rings is 1. The molecule has 0 aliphatic carbocycles. The number of aliphatic hydroxyl groups is 1. The summed E-state index contributed by atoms with van der Waals surface area (Å²) in [5.74, 6) is -0.494. The zero-order valence-electron chi connectivity index (χ0n) is 12.4. The molecule has 0 spiro atoms. The van der Waals surface area contributed by atoms with E-state index >= 15 is 0 Å². The second kappa shape index (κ2) is 8.56. The highest BCUT2D eigenvalue weighted by molar-refractivity contribution is 5.99. The van der Waals surface area contributed by atoms with Crippen LogP contribution in [0.3, 0.4) is 0 Å². The van der Waals surface area contributed by atoms with Crippen molar-refractivity contribution < 1.29 is 18.7 Å². The highest BCUT2D eigenvalue weighted by Crippen LogP contribution is 2.20. The summed E-state index contributed by atoms with van der Waals surface area (Å²) in [5, 5.41) is 12.1. The van der Waals surface area contributed by atoms with Gasteiger partial charge in [-0.3, -0.25) is 4.79 Å². The molecule has 4 nitrogen and oxygen atoms in total. The van der Waals surface area contributed by atoms with Gasteiger partial charge < -0.3 is 15.3 Å². The molecule has 0 unspecified atom stereocenters. The Kier molecular flexibility index (Phi) is 7.08. The molecule has 1 aromatic rings. The first-order chi connectivity index (χ1) is 9.99. The van der Waals surface area contributed by atoms with Gasteiger partial charge in [0.05, 0.1) is 18.7 Å². The first-order valence-electron chi connectivity index (χ1n) is 7.02. The SMILES string of the molecule is CCCNc1ccc(C)cc1C(=O)N(CCO)CC(F)F. The number of nitrogens with one attached hydrogen (secondary N) is 1. The predicted octanol–water partition coefficient (Wildman–Crippen LogP) is 2.52. The summed E-state index contributed by atoms with van der Waals surface area (Å²) < 4.78 is 25.2. The molecule has 1 aromatic carbocycles. The van der Waals surface area contributed by atoms with Gasteiger partial charge in [-0.2, -0.15) is 0 Å². The van der Waals surface area contributed by atoms with E-state index in [0.717, 1.165) is 16.9 Å². The van der Waals surface area contributed by atoms with E-state index in [1.165, 1.54) is 0 Å². The third-order valence-electron chi connectivity index (χ3n) is 2.99. The van der Waals surface area contributed by atoms with Gasteiger partial charge in [-0.25, -0.2) is 8.78 Å². The second-order valence-corrected chi connectivity index (χ2v) is 4.84. The van der Waals surface area contributed by atoms with Gasteiger partial charge >= 0.3 is 0 Å². The lowest BCUT2D eigenvalue weighted by Crippen LogP contribution is -2.37. The Morgan fingerprint density at radius 1 is 1.43 bits per heavy atom. The number of anilines is 1. The van der Waals surface area contributed by atoms with Crippen molar-refractivity contribution in [1.29, 1.82) is 0 Å². The first kappa shape index (κ1) is 17.4. The van der Waals surface area contributed by atoms with E-state index in [9.17, 15) is 13.6 Å². The van der Waals surface area contributed by atoms with E-state index in [0.29, 0.717) is 17.8 Å². The molecule has 0 aliphatic rings. The third-order valence-corrected chi connectivity index (χ3v) is 2.99. The molecule has 0 aliphatic heterocycles. The number of alkyl halides is 2. The third kappa shape index (κ3) is 5.30. The Bertz CT molecular complexity index is 467. The minimum Gasteiger partial charge on any atom is -0.395 e. The van der Waals surface area contributed by atoms with Crippen LogP contribution in [0.4, 0.5) is 14.5 Å². The zero-order chi connectivity index (χ0) is 15.8. The van der Waals surface area contributed by atoms with Crippen molar-refractivity contribution in [3.63, 3.8) is 0 Å². The van der Waals surface area contributed by atoms with E-state index in [1.54, 1.807) is 12.1 Å². The fourth-order valence-electron chi connectivity index (χ4n) is 1.98. The van der Waals surface area contributed by atoms with Crippen LogP contribution in [-0.2, 0) is 0 Å². The predicted molar refractivity (Wildman–Crippen MR) is 79.0 cm³/mol. The molecule has 0 saturated carbocycles. The molecule has 0 aromatic heterocycles. The number of carbonyl (C=O) groups excluding carboxylic acids is 1. The van der Waals surface area contributed by atoms with Crippen molar-refractivity contribution in [3.8, 4) is 0 Å². The summed E-state index contributed by atoms with van der Waals surface area (Å²) in [5.41, 5.74) is 1.86. The molecule has 0 bridgehead atoms. The summed E-state index contributed by atoms with van der Waals surface area (Å²) in [6.07, 6.45) is -1.74. The van der Waals surface area contributed by atoms with Crippen LogP contribution in [0.1, 0.15) is 29.3 Å². The minimum atomic E-state index is -2.63. The van der Waals surface area contributed by atoms with E-state index in [1.807, 2.05) is 19.9 Å². The Hall–Kier alpha value is -1.69. The Morgan fingerprint density at radius 3 is 2.71 bits per heavy atom. The van der Waals surface area contributed by atoms with Crippen LogP contribution >= 0.6 is 0 Å². The second-order valence-electron chi connectivity index (χ2n) is 4.84.